The molecule has 17 rings (SSSR count). The molecule has 8 nitrogen and oxygen atoms in total. The van der Waals surface area contributed by atoms with Crippen LogP contribution in [0, 0.1) is 22.7 Å². The van der Waals surface area contributed by atoms with Gasteiger partial charge in [-0.15, -0.1) is 0 Å². The molecule has 0 saturated carbocycles. The molecule has 11 aromatic carbocycles. The second kappa shape index (κ2) is 14.9. The maximum absolute atomic E-state index is 12.8. The lowest BCUT2D eigenvalue weighted by Gasteiger charge is -2.27. The van der Waals surface area contributed by atoms with Gasteiger partial charge in [-0.2, -0.15) is 10.5 Å². The monoisotopic (exact) mass is 968 g/mol. The molecular formula is C68H36N6O2. The first-order valence-corrected chi connectivity index (χ1v) is 25.4. The van der Waals surface area contributed by atoms with Gasteiger partial charge in [0.05, 0.1) is 66.9 Å². The van der Waals surface area contributed by atoms with Crippen molar-refractivity contribution in [2.75, 3.05) is 0 Å². The summed E-state index contributed by atoms with van der Waals surface area (Å²) >= 11 is 0. The van der Waals surface area contributed by atoms with E-state index in [1.807, 2.05) is 48.5 Å². The van der Waals surface area contributed by atoms with Crippen molar-refractivity contribution in [2.24, 2.45) is 0 Å². The largest absolute Gasteiger partial charge is 0.456 e. The van der Waals surface area contributed by atoms with Crippen molar-refractivity contribution in [3.63, 3.8) is 0 Å². The van der Waals surface area contributed by atoms with Crippen LogP contribution in [0.25, 0.3) is 154 Å². The lowest BCUT2D eigenvalue weighted by molar-refractivity contribution is 0.669. The Kier molecular flexibility index (Phi) is 7.99. The molecule has 6 heterocycles. The second-order valence-corrected chi connectivity index (χ2v) is 19.7. The SMILES string of the molecule is N#Cc1c(-n2c3ccccc3c3ccccc32)c(-n2c3ccccc3c3c4c(ccc32)oc2ccccc24)c(C#N)c(-n2c3ccccc3c3ccccc32)c1-n1c2ccccc2c2c3c(ccc21)oc1ccccc13. The van der Waals surface area contributed by atoms with Crippen molar-refractivity contribution in [2.45, 2.75) is 0 Å². The fourth-order valence-corrected chi connectivity index (χ4v) is 13.1. The molecule has 0 bridgehead atoms. The number of aromatic nitrogens is 4. The molecule has 0 amide bonds. The predicted octanol–water partition coefficient (Wildman–Crippen LogP) is 17.6. The molecule has 0 aliphatic carbocycles. The van der Waals surface area contributed by atoms with Crippen LogP contribution in [-0.2, 0) is 0 Å². The fourth-order valence-electron chi connectivity index (χ4n) is 13.1. The standard InChI is InChI=1S/C68H36N6O2/c69-37-47-65(71-49-25-9-1-17-39(49)40-18-2-10-26-50(40)71)67(73-53-29-13-5-21-43(53)61-55(73)33-35-59-63(61)45-23-7-15-31-57(45)75-59)48(38-70)66(72-51-27-11-3-19-41(51)42-20-4-12-28-52(42)72)68(47)74-54-30-14-6-22-44(54)62-56(74)34-36-60-64(62)46-24-8-16-32-58(46)76-60/h1-36H. The van der Waals surface area contributed by atoms with Gasteiger partial charge >= 0.3 is 0 Å². The van der Waals surface area contributed by atoms with Crippen LogP contribution in [0.15, 0.2) is 227 Å². The summed E-state index contributed by atoms with van der Waals surface area (Å²) in [6.07, 6.45) is 0. The molecule has 350 valence electrons. The average molecular weight is 969 g/mol. The third-order valence-corrected chi connectivity index (χ3v) is 16.0. The molecule has 0 aliphatic heterocycles. The summed E-state index contributed by atoms with van der Waals surface area (Å²) in [6.45, 7) is 0. The molecule has 8 heteroatoms. The summed E-state index contributed by atoms with van der Waals surface area (Å²) in [5.74, 6) is 0. The highest BCUT2D eigenvalue weighted by Gasteiger charge is 2.35. The Morgan fingerprint density at radius 2 is 0.500 bits per heavy atom. The van der Waals surface area contributed by atoms with Gasteiger partial charge < -0.3 is 27.1 Å². The van der Waals surface area contributed by atoms with E-state index in [4.69, 9.17) is 8.83 Å². The summed E-state index contributed by atoms with van der Waals surface area (Å²) in [5, 5.41) is 37.6. The molecule has 0 atom stereocenters. The van der Waals surface area contributed by atoms with Gasteiger partial charge in [0.15, 0.2) is 0 Å². The van der Waals surface area contributed by atoms with Crippen LogP contribution in [0.2, 0.25) is 0 Å². The van der Waals surface area contributed by atoms with E-state index < -0.39 is 0 Å². The number of benzene rings is 11. The maximum Gasteiger partial charge on any atom is 0.136 e. The first-order valence-electron chi connectivity index (χ1n) is 25.4. The van der Waals surface area contributed by atoms with Crippen LogP contribution in [-0.4, -0.2) is 18.3 Å². The third kappa shape index (κ3) is 5.09. The Morgan fingerprint density at radius 1 is 0.237 bits per heavy atom. The molecule has 0 fully saturated rings. The molecule has 0 saturated heterocycles. The van der Waals surface area contributed by atoms with Gasteiger partial charge in [-0.1, -0.05) is 146 Å². The molecule has 17 aromatic rings. The molecule has 0 aliphatic rings. The van der Waals surface area contributed by atoms with E-state index >= 15 is 0 Å². The third-order valence-electron chi connectivity index (χ3n) is 16.0. The Morgan fingerprint density at radius 3 is 0.829 bits per heavy atom. The highest BCUT2D eigenvalue weighted by molar-refractivity contribution is 6.29. The quantitative estimate of drug-likeness (QED) is 0.176. The Balaban J connectivity index is 1.19. The summed E-state index contributed by atoms with van der Waals surface area (Å²) in [6, 6.07) is 81.0. The fraction of sp³-hybridized carbons (Fsp3) is 0. The summed E-state index contributed by atoms with van der Waals surface area (Å²) in [7, 11) is 0. The Bertz CT molecular complexity index is 5070. The van der Waals surface area contributed by atoms with Crippen LogP contribution in [0.1, 0.15) is 11.1 Å². The van der Waals surface area contributed by atoms with Gasteiger partial charge in [-0.05, 0) is 72.8 Å². The van der Waals surface area contributed by atoms with Crippen molar-refractivity contribution in [3.8, 4) is 34.9 Å². The summed E-state index contributed by atoms with van der Waals surface area (Å²) in [4.78, 5) is 0. The van der Waals surface area contributed by atoms with E-state index in [1.165, 1.54) is 0 Å². The smallest absolute Gasteiger partial charge is 0.136 e. The van der Waals surface area contributed by atoms with Crippen LogP contribution in [0.4, 0.5) is 0 Å². The van der Waals surface area contributed by atoms with Crippen molar-refractivity contribution >= 4 is 131 Å². The van der Waals surface area contributed by atoms with Crippen LogP contribution in [0.3, 0.4) is 0 Å². The highest BCUT2D eigenvalue weighted by Crippen LogP contribution is 2.51. The van der Waals surface area contributed by atoms with E-state index in [0.717, 1.165) is 131 Å². The van der Waals surface area contributed by atoms with E-state index in [0.29, 0.717) is 33.9 Å². The zero-order valence-corrected chi connectivity index (χ0v) is 40.3. The van der Waals surface area contributed by atoms with Gasteiger partial charge in [0.2, 0.25) is 0 Å². The average Bonchev–Trinajstić information content (AvgIpc) is 4.51. The van der Waals surface area contributed by atoms with Crippen molar-refractivity contribution in [1.82, 2.24) is 18.3 Å². The lowest BCUT2D eigenvalue weighted by Crippen LogP contribution is -2.16. The Labute approximate surface area is 431 Å². The van der Waals surface area contributed by atoms with Gasteiger partial charge in [-0.25, -0.2) is 0 Å². The van der Waals surface area contributed by atoms with E-state index in [-0.39, 0.29) is 0 Å². The number of rotatable bonds is 4. The first kappa shape index (κ1) is 40.8. The number of para-hydroxylation sites is 8. The number of hydrogen-bond donors (Lipinski definition) is 0. The zero-order chi connectivity index (χ0) is 49.9. The van der Waals surface area contributed by atoms with Crippen LogP contribution >= 0.6 is 0 Å². The van der Waals surface area contributed by atoms with E-state index in [1.54, 1.807) is 0 Å². The van der Waals surface area contributed by atoms with Crippen molar-refractivity contribution in [3.05, 3.63) is 230 Å². The van der Waals surface area contributed by atoms with Crippen molar-refractivity contribution < 1.29 is 8.83 Å². The van der Waals surface area contributed by atoms with Gasteiger partial charge in [0, 0.05) is 64.6 Å². The minimum Gasteiger partial charge on any atom is -0.456 e. The number of fused-ring (bicyclic) bond motifs is 20. The first-order chi connectivity index (χ1) is 37.7. The molecule has 6 aromatic heterocycles. The zero-order valence-electron chi connectivity index (χ0n) is 40.3. The minimum absolute atomic E-state index is 0.387. The van der Waals surface area contributed by atoms with E-state index in [2.05, 4.69) is 200 Å². The highest BCUT2D eigenvalue weighted by atomic mass is 16.3. The lowest BCUT2D eigenvalue weighted by atomic mass is 9.98. The molecular weight excluding hydrogens is 933 g/mol. The number of nitriles is 2. The summed E-state index contributed by atoms with van der Waals surface area (Å²) in [5.41, 5.74) is 13.3. The number of hydrogen-bond acceptors (Lipinski definition) is 4. The molecule has 0 unspecified atom stereocenters. The normalized spacial score (nSPS) is 12.2. The van der Waals surface area contributed by atoms with Gasteiger partial charge in [0.1, 0.15) is 45.6 Å². The minimum atomic E-state index is 0.387. The number of furan rings is 2. The van der Waals surface area contributed by atoms with Crippen LogP contribution < -0.4 is 0 Å². The molecule has 0 N–H and O–H groups in total. The van der Waals surface area contributed by atoms with Crippen LogP contribution in [0.5, 0.6) is 0 Å². The predicted molar refractivity (Wildman–Crippen MR) is 308 cm³/mol. The van der Waals surface area contributed by atoms with E-state index in [9.17, 15) is 10.5 Å². The molecule has 76 heavy (non-hydrogen) atoms. The second-order valence-electron chi connectivity index (χ2n) is 19.7. The summed E-state index contributed by atoms with van der Waals surface area (Å²) < 4.78 is 22.1. The van der Waals surface area contributed by atoms with Gasteiger partial charge in [-0.3, -0.25) is 0 Å². The van der Waals surface area contributed by atoms with Gasteiger partial charge in [0.25, 0.3) is 0 Å². The topological polar surface area (TPSA) is 93.6 Å². The molecule has 0 radical (unpaired) electrons. The maximum atomic E-state index is 12.8. The van der Waals surface area contributed by atoms with Crippen molar-refractivity contribution in [1.29, 1.82) is 10.5 Å². The Hall–Kier alpha value is -10.8. The number of nitrogens with zero attached hydrogens (tertiary/aromatic N) is 6. The molecule has 0 spiro atoms.